The molecule has 0 aliphatic heterocycles. The largest absolute Gasteiger partial charge is 0.368 e. The van der Waals surface area contributed by atoms with Crippen molar-refractivity contribution in [3.05, 3.63) is 67.3 Å². The van der Waals surface area contributed by atoms with Crippen molar-refractivity contribution in [3.63, 3.8) is 0 Å². The minimum absolute atomic E-state index is 0.0812. The first-order valence-corrected chi connectivity index (χ1v) is 8.02. The maximum atomic E-state index is 12.6. The molecule has 0 aliphatic carbocycles. The maximum Gasteiger partial charge on any atom is 0.336 e. The number of nitrogens with zero attached hydrogens (tertiary/aromatic N) is 3. The molecular weight excluding hydrogens is 346 g/mol. The topological polar surface area (TPSA) is 147 Å². The number of benzene rings is 1. The maximum absolute atomic E-state index is 12.6. The summed E-state index contributed by atoms with van der Waals surface area (Å²) in [4.78, 5) is 37.6. The Morgan fingerprint density at radius 2 is 1.12 bits per heavy atom. The van der Waals surface area contributed by atoms with Crippen LogP contribution in [0.3, 0.4) is 0 Å². The minimum Gasteiger partial charge on any atom is -0.368 e. The zero-order valence-corrected chi connectivity index (χ0v) is 13.9. The number of rotatable bonds is 8. The van der Waals surface area contributed by atoms with Crippen LogP contribution in [-0.4, -0.2) is 46.7 Å². The van der Waals surface area contributed by atoms with Gasteiger partial charge in [-0.25, -0.2) is 28.1 Å². The Morgan fingerprint density at radius 3 is 1.54 bits per heavy atom. The van der Waals surface area contributed by atoms with Gasteiger partial charge in [0, 0.05) is 25.9 Å². The van der Waals surface area contributed by atoms with Crippen LogP contribution < -0.4 is 17.1 Å². The highest BCUT2D eigenvalue weighted by Gasteiger charge is 2.17. The van der Waals surface area contributed by atoms with Crippen LogP contribution in [0.2, 0.25) is 0 Å². The van der Waals surface area contributed by atoms with Crippen LogP contribution in [0.15, 0.2) is 44.7 Å². The van der Waals surface area contributed by atoms with Crippen molar-refractivity contribution in [3.8, 4) is 0 Å². The molecule has 0 unspecified atom stereocenters. The molecule has 0 saturated carbocycles. The summed E-state index contributed by atoms with van der Waals surface area (Å²) in [6.45, 7) is -0.680. The molecule has 10 heteroatoms. The molecule has 0 aliphatic rings. The molecule has 4 N–H and O–H groups in total. The molecule has 0 amide bonds. The fraction of sp³-hybridized carbons (Fsp3) is 0.438. The number of hydrogen-bond donors (Lipinski definition) is 4. The van der Waals surface area contributed by atoms with Crippen LogP contribution in [0.25, 0.3) is 0 Å². The van der Waals surface area contributed by atoms with Crippen molar-refractivity contribution in [2.45, 2.75) is 45.1 Å². The van der Waals surface area contributed by atoms with E-state index < -0.39 is 29.6 Å². The van der Waals surface area contributed by atoms with Gasteiger partial charge in [-0.05, 0) is 5.56 Å². The second-order valence-electron chi connectivity index (χ2n) is 5.76. The molecule has 0 fully saturated rings. The standard InChI is InChI=1S/C16H21N3O7/c20-12(21)6-8-17-14(24)18(9-7-13(22)23)16(26)19(15(17)25)10-11-4-2-1-3-5-11/h1-5,12-13,20-23H,6-10H2. The first kappa shape index (κ1) is 19.8. The summed E-state index contributed by atoms with van der Waals surface area (Å²) in [6, 6.07) is 8.66. The van der Waals surface area contributed by atoms with Gasteiger partial charge in [0.2, 0.25) is 0 Å². The van der Waals surface area contributed by atoms with E-state index in [-0.39, 0.29) is 32.5 Å². The van der Waals surface area contributed by atoms with Crippen LogP contribution >= 0.6 is 0 Å². The average molecular weight is 367 g/mol. The van der Waals surface area contributed by atoms with E-state index in [0.717, 1.165) is 13.7 Å². The van der Waals surface area contributed by atoms with Crippen molar-refractivity contribution >= 4 is 0 Å². The second kappa shape index (κ2) is 8.72. The van der Waals surface area contributed by atoms with Crippen LogP contribution in [-0.2, 0) is 19.6 Å². The lowest BCUT2D eigenvalue weighted by Gasteiger charge is -2.15. The van der Waals surface area contributed by atoms with Crippen LogP contribution in [0.5, 0.6) is 0 Å². The summed E-state index contributed by atoms with van der Waals surface area (Å²) < 4.78 is 2.31. The van der Waals surface area contributed by atoms with Crippen molar-refractivity contribution in [2.24, 2.45) is 0 Å². The predicted molar refractivity (Wildman–Crippen MR) is 90.5 cm³/mol. The van der Waals surface area contributed by atoms with E-state index in [1.165, 1.54) is 0 Å². The Bertz CT molecular complexity index is 847. The van der Waals surface area contributed by atoms with E-state index in [0.29, 0.717) is 5.56 Å². The Hall–Kier alpha value is -2.53. The van der Waals surface area contributed by atoms with Gasteiger partial charge in [0.05, 0.1) is 6.54 Å². The highest BCUT2D eigenvalue weighted by molar-refractivity contribution is 5.14. The third-order valence-electron chi connectivity index (χ3n) is 3.79. The van der Waals surface area contributed by atoms with E-state index in [9.17, 15) is 14.4 Å². The number of aliphatic hydroxyl groups excluding tert-OH is 2. The van der Waals surface area contributed by atoms with Gasteiger partial charge in [-0.1, -0.05) is 30.3 Å². The fourth-order valence-electron chi connectivity index (χ4n) is 2.46. The van der Waals surface area contributed by atoms with E-state index in [1.807, 2.05) is 0 Å². The minimum atomic E-state index is -1.72. The van der Waals surface area contributed by atoms with Gasteiger partial charge in [0.25, 0.3) is 0 Å². The lowest BCUT2D eigenvalue weighted by atomic mass is 10.2. The van der Waals surface area contributed by atoms with E-state index in [1.54, 1.807) is 30.3 Å². The van der Waals surface area contributed by atoms with Gasteiger partial charge in [-0.3, -0.25) is 0 Å². The van der Waals surface area contributed by atoms with Crippen molar-refractivity contribution in [1.29, 1.82) is 0 Å². The molecule has 1 aromatic heterocycles. The molecule has 0 radical (unpaired) electrons. The number of hydrogen-bond acceptors (Lipinski definition) is 7. The molecule has 0 saturated heterocycles. The zero-order valence-electron chi connectivity index (χ0n) is 13.9. The Kier molecular flexibility index (Phi) is 6.64. The second-order valence-corrected chi connectivity index (χ2v) is 5.76. The lowest BCUT2D eigenvalue weighted by molar-refractivity contribution is -0.0488. The highest BCUT2D eigenvalue weighted by Crippen LogP contribution is 1.99. The molecule has 1 heterocycles. The molecule has 142 valence electrons. The van der Waals surface area contributed by atoms with Crippen molar-refractivity contribution < 1.29 is 20.4 Å². The Labute approximate surface area is 147 Å². The highest BCUT2D eigenvalue weighted by atomic mass is 16.5. The Morgan fingerprint density at radius 1 is 0.692 bits per heavy atom. The summed E-state index contributed by atoms with van der Waals surface area (Å²) in [7, 11) is 0. The van der Waals surface area contributed by atoms with Crippen LogP contribution in [0.1, 0.15) is 18.4 Å². The monoisotopic (exact) mass is 367 g/mol. The summed E-state index contributed by atoms with van der Waals surface area (Å²) in [5.41, 5.74) is -2.02. The Balaban J connectivity index is 2.55. The molecule has 26 heavy (non-hydrogen) atoms. The summed E-state index contributed by atoms with van der Waals surface area (Å²) in [5, 5.41) is 36.0. The number of aromatic nitrogens is 3. The van der Waals surface area contributed by atoms with Gasteiger partial charge in [-0.2, -0.15) is 0 Å². The molecule has 2 rings (SSSR count). The normalized spacial score (nSPS) is 11.5. The van der Waals surface area contributed by atoms with Gasteiger partial charge >= 0.3 is 17.1 Å². The lowest BCUT2D eigenvalue weighted by Crippen LogP contribution is -2.55. The predicted octanol–water partition coefficient (Wildman–Crippen LogP) is -2.38. The van der Waals surface area contributed by atoms with E-state index >= 15 is 0 Å². The smallest absolute Gasteiger partial charge is 0.336 e. The van der Waals surface area contributed by atoms with Gasteiger partial charge in [0.15, 0.2) is 12.6 Å². The summed E-state index contributed by atoms with van der Waals surface area (Å²) >= 11 is 0. The molecular formula is C16H21N3O7. The molecule has 2 aromatic rings. The van der Waals surface area contributed by atoms with Gasteiger partial charge in [-0.15, -0.1) is 0 Å². The van der Waals surface area contributed by atoms with Crippen LogP contribution in [0.4, 0.5) is 0 Å². The van der Waals surface area contributed by atoms with Crippen molar-refractivity contribution in [1.82, 2.24) is 13.7 Å². The molecule has 0 atom stereocenters. The van der Waals surface area contributed by atoms with Crippen LogP contribution in [0, 0.1) is 0 Å². The number of aliphatic hydroxyl groups is 4. The molecule has 10 nitrogen and oxygen atoms in total. The quantitative estimate of drug-likeness (QED) is 0.381. The summed E-state index contributed by atoms with van der Waals surface area (Å²) in [5.74, 6) is 0. The molecule has 1 aromatic carbocycles. The summed E-state index contributed by atoms with van der Waals surface area (Å²) in [6.07, 6.45) is -3.99. The fourth-order valence-corrected chi connectivity index (χ4v) is 2.46. The van der Waals surface area contributed by atoms with E-state index in [4.69, 9.17) is 20.4 Å². The van der Waals surface area contributed by atoms with E-state index in [2.05, 4.69) is 0 Å². The first-order valence-electron chi connectivity index (χ1n) is 8.02. The third kappa shape index (κ3) is 4.76. The van der Waals surface area contributed by atoms with Gasteiger partial charge < -0.3 is 20.4 Å². The van der Waals surface area contributed by atoms with Gasteiger partial charge in [0.1, 0.15) is 0 Å². The molecule has 0 spiro atoms. The molecule has 0 bridgehead atoms. The SMILES string of the molecule is O=c1n(CCC(O)O)c(=O)n(Cc2ccccc2)c(=O)n1CCC(O)O. The third-order valence-corrected chi connectivity index (χ3v) is 3.79. The average Bonchev–Trinajstić information content (AvgIpc) is 2.59. The first-order chi connectivity index (χ1) is 12.3. The van der Waals surface area contributed by atoms with Crippen molar-refractivity contribution in [2.75, 3.05) is 0 Å². The zero-order chi connectivity index (χ0) is 19.3.